The monoisotopic (exact) mass is 221 g/mol. The quantitative estimate of drug-likeness (QED) is 0.583. The molecule has 0 bridgehead atoms. The summed E-state index contributed by atoms with van der Waals surface area (Å²) in [5.74, 6) is 0.396. The molecule has 4 nitrogen and oxygen atoms in total. The lowest BCUT2D eigenvalue weighted by molar-refractivity contribution is -0.139. The Morgan fingerprint density at radius 1 is 1.38 bits per heavy atom. The van der Waals surface area contributed by atoms with Crippen molar-refractivity contribution in [1.82, 2.24) is 5.32 Å². The van der Waals surface area contributed by atoms with Crippen molar-refractivity contribution in [3.05, 3.63) is 24.3 Å². The number of esters is 1. The number of nitrogens with one attached hydrogen (secondary N) is 1. The molecule has 0 amide bonds. The van der Waals surface area contributed by atoms with Gasteiger partial charge in [0, 0.05) is 6.54 Å². The van der Waals surface area contributed by atoms with Crippen LogP contribution in [0.25, 0.3) is 0 Å². The van der Waals surface area contributed by atoms with Gasteiger partial charge in [0.2, 0.25) is 0 Å². The summed E-state index contributed by atoms with van der Waals surface area (Å²) in [7, 11) is 0. The predicted molar refractivity (Wildman–Crippen MR) is 59.3 cm³/mol. The maximum atomic E-state index is 11.7. The van der Waals surface area contributed by atoms with E-state index in [1.54, 1.807) is 12.1 Å². The van der Waals surface area contributed by atoms with E-state index in [1.807, 2.05) is 0 Å². The van der Waals surface area contributed by atoms with Gasteiger partial charge in [-0.3, -0.25) is 4.79 Å². The molecule has 0 aliphatic carbocycles. The van der Waals surface area contributed by atoms with Crippen LogP contribution in [-0.2, 0) is 4.79 Å². The van der Waals surface area contributed by atoms with Crippen LogP contribution in [-0.4, -0.2) is 24.2 Å². The molecular weight excluding hydrogens is 206 g/mol. The van der Waals surface area contributed by atoms with E-state index in [0.29, 0.717) is 12.3 Å². The molecule has 16 heavy (non-hydrogen) atoms. The van der Waals surface area contributed by atoms with Crippen molar-refractivity contribution in [2.24, 2.45) is 5.92 Å². The zero-order valence-corrected chi connectivity index (χ0v) is 8.98. The van der Waals surface area contributed by atoms with Gasteiger partial charge in [-0.25, -0.2) is 0 Å². The fourth-order valence-corrected chi connectivity index (χ4v) is 1.77. The molecule has 0 saturated carbocycles. The van der Waals surface area contributed by atoms with E-state index in [0.717, 1.165) is 19.4 Å². The van der Waals surface area contributed by atoms with Gasteiger partial charge >= 0.3 is 5.97 Å². The van der Waals surface area contributed by atoms with Crippen molar-refractivity contribution >= 4 is 5.97 Å². The van der Waals surface area contributed by atoms with E-state index >= 15 is 0 Å². The molecule has 1 aromatic carbocycles. The van der Waals surface area contributed by atoms with Gasteiger partial charge in [-0.1, -0.05) is 0 Å². The first-order chi connectivity index (χ1) is 7.75. The molecule has 0 radical (unpaired) electrons. The zero-order chi connectivity index (χ0) is 11.4. The van der Waals surface area contributed by atoms with Crippen LogP contribution in [0.5, 0.6) is 11.5 Å². The molecule has 2 rings (SSSR count). The minimum atomic E-state index is -0.196. The number of piperidine rings is 1. The molecule has 1 aliphatic heterocycles. The predicted octanol–water partition coefficient (Wildman–Crippen LogP) is 1.30. The van der Waals surface area contributed by atoms with E-state index in [-0.39, 0.29) is 17.6 Å². The molecule has 1 atom stereocenters. The lowest BCUT2D eigenvalue weighted by atomic mass is 10.0. The minimum Gasteiger partial charge on any atom is -0.508 e. The molecule has 1 aromatic rings. The van der Waals surface area contributed by atoms with Gasteiger partial charge in [-0.15, -0.1) is 0 Å². The molecule has 1 unspecified atom stereocenters. The summed E-state index contributed by atoms with van der Waals surface area (Å²) in [5.41, 5.74) is 0. The summed E-state index contributed by atoms with van der Waals surface area (Å²) in [6.07, 6.45) is 1.89. The second-order valence-corrected chi connectivity index (χ2v) is 3.96. The standard InChI is InChI=1S/C12H15NO3/c14-10-3-5-11(6-4-10)16-12(15)9-2-1-7-13-8-9/h3-6,9,13-14H,1-2,7-8H2. The Morgan fingerprint density at radius 3 is 2.75 bits per heavy atom. The Balaban J connectivity index is 1.93. The lowest BCUT2D eigenvalue weighted by Crippen LogP contribution is -2.36. The summed E-state index contributed by atoms with van der Waals surface area (Å²) >= 11 is 0. The van der Waals surface area contributed by atoms with Crippen molar-refractivity contribution in [1.29, 1.82) is 0 Å². The van der Waals surface area contributed by atoms with Crippen molar-refractivity contribution in [3.8, 4) is 11.5 Å². The molecule has 1 heterocycles. The van der Waals surface area contributed by atoms with Gasteiger partial charge < -0.3 is 15.2 Å². The van der Waals surface area contributed by atoms with Crippen LogP contribution >= 0.6 is 0 Å². The maximum Gasteiger partial charge on any atom is 0.315 e. The average molecular weight is 221 g/mol. The van der Waals surface area contributed by atoms with Gasteiger partial charge in [0.15, 0.2) is 0 Å². The van der Waals surface area contributed by atoms with Crippen LogP contribution in [0.15, 0.2) is 24.3 Å². The van der Waals surface area contributed by atoms with Gasteiger partial charge in [0.05, 0.1) is 5.92 Å². The van der Waals surface area contributed by atoms with Gasteiger partial charge in [-0.05, 0) is 43.7 Å². The van der Waals surface area contributed by atoms with Gasteiger partial charge in [-0.2, -0.15) is 0 Å². The first kappa shape index (κ1) is 11.0. The highest BCUT2D eigenvalue weighted by Gasteiger charge is 2.22. The number of hydrogen-bond donors (Lipinski definition) is 2. The van der Waals surface area contributed by atoms with Crippen molar-refractivity contribution in [2.75, 3.05) is 13.1 Å². The Hall–Kier alpha value is -1.55. The summed E-state index contributed by atoms with van der Waals surface area (Å²) in [6.45, 7) is 1.67. The van der Waals surface area contributed by atoms with Crippen molar-refractivity contribution < 1.29 is 14.6 Å². The molecule has 86 valence electrons. The van der Waals surface area contributed by atoms with Crippen LogP contribution in [0.4, 0.5) is 0 Å². The van der Waals surface area contributed by atoms with E-state index in [1.165, 1.54) is 12.1 Å². The largest absolute Gasteiger partial charge is 0.508 e. The molecular formula is C12H15NO3. The second-order valence-electron chi connectivity index (χ2n) is 3.96. The third kappa shape index (κ3) is 2.73. The third-order valence-electron chi connectivity index (χ3n) is 2.69. The highest BCUT2D eigenvalue weighted by Crippen LogP contribution is 2.19. The van der Waals surface area contributed by atoms with Crippen molar-refractivity contribution in [2.45, 2.75) is 12.8 Å². The number of benzene rings is 1. The number of phenols is 1. The number of hydrogen-bond acceptors (Lipinski definition) is 4. The van der Waals surface area contributed by atoms with Gasteiger partial charge in [0.1, 0.15) is 11.5 Å². The number of phenolic OH excluding ortho intramolecular Hbond substituents is 1. The molecule has 0 spiro atoms. The average Bonchev–Trinajstić information content (AvgIpc) is 2.33. The highest BCUT2D eigenvalue weighted by atomic mass is 16.5. The number of carbonyl (C=O) groups is 1. The van der Waals surface area contributed by atoms with E-state index in [9.17, 15) is 4.79 Å². The fraction of sp³-hybridized carbons (Fsp3) is 0.417. The van der Waals surface area contributed by atoms with Crippen LogP contribution in [0.3, 0.4) is 0 Å². The van der Waals surface area contributed by atoms with E-state index in [4.69, 9.17) is 9.84 Å². The number of carbonyl (C=O) groups excluding carboxylic acids is 1. The number of ether oxygens (including phenoxy) is 1. The highest BCUT2D eigenvalue weighted by molar-refractivity contribution is 5.75. The Labute approximate surface area is 94.2 Å². The summed E-state index contributed by atoms with van der Waals surface area (Å²) in [5, 5.41) is 12.3. The number of rotatable bonds is 2. The maximum absolute atomic E-state index is 11.7. The van der Waals surface area contributed by atoms with E-state index < -0.39 is 0 Å². The molecule has 2 N–H and O–H groups in total. The second kappa shape index (κ2) is 4.99. The van der Waals surface area contributed by atoms with Gasteiger partial charge in [0.25, 0.3) is 0 Å². The smallest absolute Gasteiger partial charge is 0.315 e. The summed E-state index contributed by atoms with van der Waals surface area (Å²) < 4.78 is 5.22. The first-order valence-electron chi connectivity index (χ1n) is 5.47. The molecule has 1 saturated heterocycles. The first-order valence-corrected chi connectivity index (χ1v) is 5.47. The normalized spacial score (nSPS) is 20.4. The van der Waals surface area contributed by atoms with Crippen LogP contribution in [0, 0.1) is 5.92 Å². The van der Waals surface area contributed by atoms with Crippen LogP contribution in [0.1, 0.15) is 12.8 Å². The van der Waals surface area contributed by atoms with E-state index in [2.05, 4.69) is 5.32 Å². The van der Waals surface area contributed by atoms with Crippen LogP contribution in [0.2, 0.25) is 0 Å². The molecule has 1 fully saturated rings. The van der Waals surface area contributed by atoms with Crippen molar-refractivity contribution in [3.63, 3.8) is 0 Å². The molecule has 1 aliphatic rings. The third-order valence-corrected chi connectivity index (χ3v) is 2.69. The van der Waals surface area contributed by atoms with Crippen LogP contribution < -0.4 is 10.1 Å². The Bertz CT molecular complexity index is 355. The Kier molecular flexibility index (Phi) is 3.41. The number of aromatic hydroxyl groups is 1. The zero-order valence-electron chi connectivity index (χ0n) is 8.98. The lowest BCUT2D eigenvalue weighted by Gasteiger charge is -2.20. The summed E-state index contributed by atoms with van der Waals surface area (Å²) in [4.78, 5) is 11.7. The Morgan fingerprint density at radius 2 is 2.12 bits per heavy atom. The summed E-state index contributed by atoms with van der Waals surface area (Å²) in [6, 6.07) is 6.18. The fourth-order valence-electron chi connectivity index (χ4n) is 1.77. The SMILES string of the molecule is O=C(Oc1ccc(O)cc1)C1CCCNC1. The molecule has 4 heteroatoms. The molecule has 0 aromatic heterocycles. The minimum absolute atomic E-state index is 0.0532. The topological polar surface area (TPSA) is 58.6 Å².